The van der Waals surface area contributed by atoms with Crippen LogP contribution < -0.4 is 15.4 Å². The van der Waals surface area contributed by atoms with Crippen LogP contribution in [0.15, 0.2) is 18.2 Å². The third-order valence-corrected chi connectivity index (χ3v) is 2.64. The highest BCUT2D eigenvalue weighted by Crippen LogP contribution is 2.23. The van der Waals surface area contributed by atoms with Crippen LogP contribution in [0.3, 0.4) is 0 Å². The van der Waals surface area contributed by atoms with E-state index in [4.69, 9.17) is 10.5 Å². The molecule has 0 spiro atoms. The van der Waals surface area contributed by atoms with Crippen molar-refractivity contribution in [3.05, 3.63) is 23.8 Å². The number of aryl methyl sites for hydroxylation is 1. The lowest BCUT2D eigenvalue weighted by molar-refractivity contribution is -0.118. The molecule has 0 saturated heterocycles. The van der Waals surface area contributed by atoms with Crippen LogP contribution in [0.5, 0.6) is 5.75 Å². The number of nitrogens with zero attached hydrogens (tertiary/aromatic N) is 1. The van der Waals surface area contributed by atoms with Crippen molar-refractivity contribution in [2.75, 3.05) is 19.1 Å². The summed E-state index contributed by atoms with van der Waals surface area (Å²) < 4.78 is 5.18. The molecule has 4 nitrogen and oxygen atoms in total. The third-order valence-electron chi connectivity index (χ3n) is 2.64. The molecule has 17 heavy (non-hydrogen) atoms. The molecule has 0 bridgehead atoms. The van der Waals surface area contributed by atoms with Gasteiger partial charge in [0.2, 0.25) is 5.91 Å². The number of anilines is 1. The molecule has 0 radical (unpaired) electrons. The van der Waals surface area contributed by atoms with Crippen molar-refractivity contribution >= 4 is 11.6 Å². The highest BCUT2D eigenvalue weighted by atomic mass is 16.5. The number of carbonyl (C=O) groups excluding carboxylic acids is 1. The van der Waals surface area contributed by atoms with Gasteiger partial charge in [0, 0.05) is 25.2 Å². The summed E-state index contributed by atoms with van der Waals surface area (Å²) in [5.74, 6) is 0.839. The fourth-order valence-electron chi connectivity index (χ4n) is 1.63. The lowest BCUT2D eigenvalue weighted by atomic mass is 10.1. The van der Waals surface area contributed by atoms with Gasteiger partial charge in [-0.15, -0.1) is 0 Å². The van der Waals surface area contributed by atoms with Crippen LogP contribution in [0.25, 0.3) is 0 Å². The Morgan fingerprint density at radius 1 is 1.53 bits per heavy atom. The summed E-state index contributed by atoms with van der Waals surface area (Å²) in [5, 5.41) is 0. The molecular weight excluding hydrogens is 216 g/mol. The number of ether oxygens (including phenoxy) is 1. The Balaban J connectivity index is 2.85. The summed E-state index contributed by atoms with van der Waals surface area (Å²) in [6.45, 7) is 3.78. The summed E-state index contributed by atoms with van der Waals surface area (Å²) in [7, 11) is 3.39. The lowest BCUT2D eigenvalue weighted by Gasteiger charge is -2.19. The minimum absolute atomic E-state index is 0.0181. The van der Waals surface area contributed by atoms with E-state index in [2.05, 4.69) is 0 Å². The Labute approximate surface area is 102 Å². The molecule has 0 aliphatic carbocycles. The minimum Gasteiger partial charge on any atom is -0.496 e. The van der Waals surface area contributed by atoms with Gasteiger partial charge < -0.3 is 15.4 Å². The molecule has 1 aromatic rings. The van der Waals surface area contributed by atoms with Crippen LogP contribution in [-0.2, 0) is 4.79 Å². The maximum atomic E-state index is 11.8. The van der Waals surface area contributed by atoms with Gasteiger partial charge in [-0.2, -0.15) is 0 Å². The normalized spacial score (nSPS) is 12.1. The van der Waals surface area contributed by atoms with Gasteiger partial charge in [0.25, 0.3) is 0 Å². The van der Waals surface area contributed by atoms with E-state index in [1.807, 2.05) is 32.0 Å². The summed E-state index contributed by atoms with van der Waals surface area (Å²) >= 11 is 0. The molecular formula is C13H20N2O2. The summed E-state index contributed by atoms with van der Waals surface area (Å²) in [5.41, 5.74) is 7.48. The fraction of sp³-hybridized carbons (Fsp3) is 0.462. The molecule has 0 aromatic heterocycles. The van der Waals surface area contributed by atoms with Crippen molar-refractivity contribution in [1.82, 2.24) is 0 Å². The van der Waals surface area contributed by atoms with Gasteiger partial charge in [-0.25, -0.2) is 0 Å². The van der Waals surface area contributed by atoms with Crippen molar-refractivity contribution < 1.29 is 9.53 Å². The first-order valence-electron chi connectivity index (χ1n) is 5.62. The molecule has 4 heteroatoms. The number of hydrogen-bond acceptors (Lipinski definition) is 3. The van der Waals surface area contributed by atoms with E-state index in [0.717, 1.165) is 17.0 Å². The molecule has 1 unspecified atom stereocenters. The number of methoxy groups -OCH3 is 1. The maximum absolute atomic E-state index is 11.8. The standard InChI is InChI=1S/C13H20N2O2/c1-9-7-11(5-6-12(9)17-4)15(3)13(16)8-10(2)14/h5-7,10H,8,14H2,1-4H3. The minimum atomic E-state index is -0.121. The predicted molar refractivity (Wildman–Crippen MR) is 69.4 cm³/mol. The van der Waals surface area contributed by atoms with E-state index in [-0.39, 0.29) is 11.9 Å². The molecule has 2 N–H and O–H groups in total. The molecule has 94 valence electrons. The summed E-state index contributed by atoms with van der Waals surface area (Å²) in [6.07, 6.45) is 0.349. The number of benzene rings is 1. The summed E-state index contributed by atoms with van der Waals surface area (Å²) in [6, 6.07) is 5.53. The molecule has 1 rings (SSSR count). The second kappa shape index (κ2) is 5.68. The van der Waals surface area contributed by atoms with E-state index < -0.39 is 0 Å². The molecule has 1 amide bonds. The van der Waals surface area contributed by atoms with Crippen LogP contribution in [0.4, 0.5) is 5.69 Å². The molecule has 0 fully saturated rings. The fourth-order valence-corrected chi connectivity index (χ4v) is 1.63. The zero-order chi connectivity index (χ0) is 13.0. The number of hydrogen-bond donors (Lipinski definition) is 1. The quantitative estimate of drug-likeness (QED) is 0.865. The van der Waals surface area contributed by atoms with E-state index >= 15 is 0 Å². The predicted octanol–water partition coefficient (Wildman–Crippen LogP) is 1.70. The molecule has 1 aromatic carbocycles. The van der Waals surface area contributed by atoms with Crippen molar-refractivity contribution in [2.24, 2.45) is 5.73 Å². The van der Waals surface area contributed by atoms with Gasteiger partial charge in [-0.1, -0.05) is 0 Å². The average molecular weight is 236 g/mol. The Bertz CT molecular complexity index is 402. The number of amides is 1. The first kappa shape index (κ1) is 13.5. The molecule has 0 heterocycles. The summed E-state index contributed by atoms with van der Waals surface area (Å²) in [4.78, 5) is 13.5. The van der Waals surface area contributed by atoms with Gasteiger partial charge in [-0.05, 0) is 37.6 Å². The highest BCUT2D eigenvalue weighted by molar-refractivity contribution is 5.93. The number of carbonyl (C=O) groups is 1. The molecule has 0 saturated carbocycles. The van der Waals surface area contributed by atoms with E-state index in [1.54, 1.807) is 19.1 Å². The van der Waals surface area contributed by atoms with Crippen molar-refractivity contribution in [2.45, 2.75) is 26.3 Å². The molecule has 0 aliphatic rings. The Hall–Kier alpha value is -1.55. The smallest absolute Gasteiger partial charge is 0.228 e. The largest absolute Gasteiger partial charge is 0.496 e. The van der Waals surface area contributed by atoms with Crippen LogP contribution in [-0.4, -0.2) is 26.1 Å². The Kier molecular flexibility index (Phi) is 4.52. The topological polar surface area (TPSA) is 55.6 Å². The second-order valence-corrected chi connectivity index (χ2v) is 4.29. The van der Waals surface area contributed by atoms with Gasteiger partial charge in [0.1, 0.15) is 5.75 Å². The third kappa shape index (κ3) is 3.46. The van der Waals surface area contributed by atoms with Crippen molar-refractivity contribution in [3.8, 4) is 5.75 Å². The number of nitrogens with two attached hydrogens (primary N) is 1. The zero-order valence-electron chi connectivity index (χ0n) is 10.9. The van der Waals surface area contributed by atoms with Crippen molar-refractivity contribution in [1.29, 1.82) is 0 Å². The monoisotopic (exact) mass is 236 g/mol. The van der Waals surface area contributed by atoms with E-state index in [0.29, 0.717) is 6.42 Å². The van der Waals surface area contributed by atoms with Crippen molar-refractivity contribution in [3.63, 3.8) is 0 Å². The lowest BCUT2D eigenvalue weighted by Crippen LogP contribution is -2.31. The first-order chi connectivity index (χ1) is 7.95. The maximum Gasteiger partial charge on any atom is 0.228 e. The van der Waals surface area contributed by atoms with Gasteiger partial charge in [-0.3, -0.25) is 4.79 Å². The highest BCUT2D eigenvalue weighted by Gasteiger charge is 2.13. The van der Waals surface area contributed by atoms with E-state index in [1.165, 1.54) is 0 Å². The van der Waals surface area contributed by atoms with Crippen LogP contribution in [0, 0.1) is 6.92 Å². The average Bonchev–Trinajstić information content (AvgIpc) is 2.27. The van der Waals surface area contributed by atoms with Crippen LogP contribution in [0.2, 0.25) is 0 Å². The van der Waals surface area contributed by atoms with E-state index in [9.17, 15) is 4.79 Å². The number of rotatable bonds is 4. The first-order valence-corrected chi connectivity index (χ1v) is 5.62. The Morgan fingerprint density at radius 2 is 2.18 bits per heavy atom. The van der Waals surface area contributed by atoms with Crippen LogP contribution in [0.1, 0.15) is 18.9 Å². The SMILES string of the molecule is COc1ccc(N(C)C(=O)CC(C)N)cc1C. The Morgan fingerprint density at radius 3 is 2.65 bits per heavy atom. The van der Waals surface area contributed by atoms with Gasteiger partial charge in [0.05, 0.1) is 7.11 Å². The van der Waals surface area contributed by atoms with Gasteiger partial charge in [0.15, 0.2) is 0 Å². The van der Waals surface area contributed by atoms with Gasteiger partial charge >= 0.3 is 0 Å². The second-order valence-electron chi connectivity index (χ2n) is 4.29. The van der Waals surface area contributed by atoms with Crippen LogP contribution >= 0.6 is 0 Å². The molecule has 0 aliphatic heterocycles. The molecule has 1 atom stereocenters. The zero-order valence-corrected chi connectivity index (χ0v) is 10.9.